The van der Waals surface area contributed by atoms with Crippen molar-refractivity contribution in [3.05, 3.63) is 53.7 Å². The first-order valence-electron chi connectivity index (χ1n) is 7.71. The molecule has 0 bridgehead atoms. The van der Waals surface area contributed by atoms with E-state index in [-0.39, 0.29) is 10.8 Å². The highest BCUT2D eigenvalue weighted by Crippen LogP contribution is 2.50. The fourth-order valence-corrected chi connectivity index (χ4v) is 3.56. The molecule has 0 aromatic heterocycles. The molecule has 0 saturated heterocycles. The van der Waals surface area contributed by atoms with E-state index in [4.69, 9.17) is 0 Å². The van der Waals surface area contributed by atoms with Gasteiger partial charge in [-0.3, -0.25) is 0 Å². The normalized spacial score (nSPS) is 19.3. The van der Waals surface area contributed by atoms with Gasteiger partial charge in [0.15, 0.2) is 0 Å². The van der Waals surface area contributed by atoms with Crippen molar-refractivity contribution >= 4 is 16.5 Å². The molecule has 0 unspecified atom stereocenters. The van der Waals surface area contributed by atoms with Crippen molar-refractivity contribution in [1.29, 1.82) is 0 Å². The third kappa shape index (κ3) is 2.16. The van der Waals surface area contributed by atoms with Crippen LogP contribution in [0.4, 0.5) is 5.69 Å². The van der Waals surface area contributed by atoms with E-state index in [1.54, 1.807) is 0 Å². The van der Waals surface area contributed by atoms with Crippen LogP contribution in [0, 0.1) is 5.41 Å². The van der Waals surface area contributed by atoms with Crippen LogP contribution >= 0.6 is 0 Å². The summed E-state index contributed by atoms with van der Waals surface area (Å²) in [4.78, 5) is 2.37. The Balaban J connectivity index is 2.32. The number of fused-ring (bicyclic) bond motifs is 3. The van der Waals surface area contributed by atoms with Crippen molar-refractivity contribution in [2.75, 3.05) is 11.9 Å². The van der Waals surface area contributed by atoms with Gasteiger partial charge in [0.1, 0.15) is 0 Å². The molecule has 21 heavy (non-hydrogen) atoms. The maximum Gasteiger partial charge on any atom is 0.0454 e. The lowest BCUT2D eigenvalue weighted by atomic mass is 9.79. The maximum absolute atomic E-state index is 2.42. The van der Waals surface area contributed by atoms with Gasteiger partial charge in [-0.15, -0.1) is 0 Å². The van der Waals surface area contributed by atoms with E-state index in [0.717, 1.165) is 0 Å². The minimum atomic E-state index is 0.0399. The average Bonchev–Trinajstić information content (AvgIpc) is 2.59. The van der Waals surface area contributed by atoms with Crippen LogP contribution < -0.4 is 4.90 Å². The van der Waals surface area contributed by atoms with E-state index in [2.05, 4.69) is 89.0 Å². The highest BCUT2D eigenvalue weighted by molar-refractivity contribution is 5.94. The van der Waals surface area contributed by atoms with Crippen LogP contribution in [0.3, 0.4) is 0 Å². The first-order valence-corrected chi connectivity index (χ1v) is 7.71. The molecule has 0 fully saturated rings. The maximum atomic E-state index is 2.42. The summed E-state index contributed by atoms with van der Waals surface area (Å²) < 4.78 is 0. The summed E-state index contributed by atoms with van der Waals surface area (Å²) in [7, 11) is 2.19. The Morgan fingerprint density at radius 1 is 1.00 bits per heavy atom. The summed E-state index contributed by atoms with van der Waals surface area (Å²) >= 11 is 0. The standard InChI is InChI=1S/C20H25N/c1-19(2,3)13-17-20(4,5)18-15-10-8-7-9-14(15)11-12-16(18)21(17)6/h7-13H,1-6H3/b17-13+. The molecule has 1 aliphatic heterocycles. The summed E-state index contributed by atoms with van der Waals surface area (Å²) in [6.45, 7) is 11.5. The van der Waals surface area contributed by atoms with Crippen LogP contribution in [-0.4, -0.2) is 7.05 Å². The highest BCUT2D eigenvalue weighted by atomic mass is 15.2. The Kier molecular flexibility index (Phi) is 2.95. The predicted molar refractivity (Wildman–Crippen MR) is 92.9 cm³/mol. The lowest BCUT2D eigenvalue weighted by Crippen LogP contribution is -2.25. The van der Waals surface area contributed by atoms with Crippen molar-refractivity contribution in [2.24, 2.45) is 5.41 Å². The Morgan fingerprint density at radius 2 is 1.67 bits per heavy atom. The molecule has 0 atom stereocenters. The first-order chi connectivity index (χ1) is 9.72. The number of hydrogen-bond donors (Lipinski definition) is 0. The molecule has 1 aliphatic rings. The molecule has 110 valence electrons. The van der Waals surface area contributed by atoms with Gasteiger partial charge < -0.3 is 4.90 Å². The van der Waals surface area contributed by atoms with Gasteiger partial charge in [0.25, 0.3) is 0 Å². The van der Waals surface area contributed by atoms with Crippen LogP contribution in [0.2, 0.25) is 0 Å². The van der Waals surface area contributed by atoms with Crippen LogP contribution in [0.5, 0.6) is 0 Å². The molecule has 2 aromatic rings. The second-order valence-electron chi connectivity index (χ2n) is 7.76. The zero-order valence-electron chi connectivity index (χ0n) is 14.0. The number of rotatable bonds is 0. The van der Waals surface area contributed by atoms with Gasteiger partial charge >= 0.3 is 0 Å². The predicted octanol–water partition coefficient (Wildman–Crippen LogP) is 5.50. The van der Waals surface area contributed by atoms with Gasteiger partial charge in [-0.05, 0) is 27.8 Å². The highest BCUT2D eigenvalue weighted by Gasteiger charge is 2.40. The Bertz CT molecular complexity index is 729. The van der Waals surface area contributed by atoms with Crippen LogP contribution in [-0.2, 0) is 5.41 Å². The number of likely N-dealkylation sites (N-methyl/N-ethyl adjacent to an activating group) is 1. The fraction of sp³-hybridized carbons (Fsp3) is 0.400. The van der Waals surface area contributed by atoms with Gasteiger partial charge in [-0.2, -0.15) is 0 Å². The number of anilines is 1. The molecule has 0 amide bonds. The molecule has 0 radical (unpaired) electrons. The average molecular weight is 279 g/mol. The lowest BCUT2D eigenvalue weighted by Gasteiger charge is -2.28. The summed E-state index contributed by atoms with van der Waals surface area (Å²) in [5.74, 6) is 0. The Hall–Kier alpha value is -1.76. The minimum absolute atomic E-state index is 0.0399. The van der Waals surface area contributed by atoms with Gasteiger partial charge in [0.2, 0.25) is 0 Å². The number of hydrogen-bond acceptors (Lipinski definition) is 1. The van der Waals surface area contributed by atoms with E-state index in [1.165, 1.54) is 27.7 Å². The SMILES string of the molecule is CN1/C(=C/C(C)(C)C)C(C)(C)c2c1ccc1ccccc21. The van der Waals surface area contributed by atoms with Gasteiger partial charge in [-0.25, -0.2) is 0 Å². The van der Waals surface area contributed by atoms with Gasteiger partial charge in [0, 0.05) is 23.8 Å². The Morgan fingerprint density at radius 3 is 2.33 bits per heavy atom. The van der Waals surface area contributed by atoms with Crippen molar-refractivity contribution in [3.63, 3.8) is 0 Å². The van der Waals surface area contributed by atoms with Crippen LogP contribution in [0.15, 0.2) is 48.2 Å². The molecule has 3 rings (SSSR count). The van der Waals surface area contributed by atoms with Crippen LogP contribution in [0.25, 0.3) is 10.8 Å². The number of benzene rings is 2. The molecule has 2 aromatic carbocycles. The van der Waals surface area contributed by atoms with Crippen molar-refractivity contribution in [3.8, 4) is 0 Å². The monoisotopic (exact) mass is 279 g/mol. The van der Waals surface area contributed by atoms with Gasteiger partial charge in [-0.1, -0.05) is 71.0 Å². The number of nitrogens with zero attached hydrogens (tertiary/aromatic N) is 1. The molecular formula is C20H25N. The largest absolute Gasteiger partial charge is 0.347 e. The van der Waals surface area contributed by atoms with Crippen molar-refractivity contribution in [2.45, 2.75) is 40.0 Å². The smallest absolute Gasteiger partial charge is 0.0454 e. The quantitative estimate of drug-likeness (QED) is 0.615. The van der Waals surface area contributed by atoms with E-state index < -0.39 is 0 Å². The van der Waals surface area contributed by atoms with E-state index in [1.807, 2.05) is 0 Å². The molecule has 1 heterocycles. The molecule has 0 spiro atoms. The molecule has 1 nitrogen and oxygen atoms in total. The second-order valence-corrected chi connectivity index (χ2v) is 7.76. The lowest BCUT2D eigenvalue weighted by molar-refractivity contribution is 0.521. The summed E-state index contributed by atoms with van der Waals surface area (Å²) in [5, 5.41) is 2.71. The molecular weight excluding hydrogens is 254 g/mol. The van der Waals surface area contributed by atoms with Crippen LogP contribution in [0.1, 0.15) is 40.2 Å². The fourth-order valence-electron chi connectivity index (χ4n) is 3.56. The molecule has 0 aliphatic carbocycles. The Labute approximate surface area is 128 Å². The summed E-state index contributed by atoms with van der Waals surface area (Å²) in [5.41, 5.74) is 4.42. The summed E-state index contributed by atoms with van der Waals surface area (Å²) in [6, 6.07) is 13.2. The van der Waals surface area contributed by atoms with E-state index >= 15 is 0 Å². The zero-order valence-corrected chi connectivity index (χ0v) is 14.0. The van der Waals surface area contributed by atoms with E-state index in [0.29, 0.717) is 0 Å². The molecule has 0 N–H and O–H groups in total. The van der Waals surface area contributed by atoms with E-state index in [9.17, 15) is 0 Å². The minimum Gasteiger partial charge on any atom is -0.347 e. The third-order valence-electron chi connectivity index (χ3n) is 4.46. The third-order valence-corrected chi connectivity index (χ3v) is 4.46. The molecule has 1 heteroatoms. The summed E-state index contributed by atoms with van der Waals surface area (Å²) in [6.07, 6.45) is 2.42. The number of allylic oxidation sites excluding steroid dienone is 2. The molecule has 0 saturated carbocycles. The first kappa shape index (κ1) is 14.2. The van der Waals surface area contributed by atoms with Gasteiger partial charge in [0.05, 0.1) is 0 Å². The van der Waals surface area contributed by atoms with Crippen molar-refractivity contribution < 1.29 is 0 Å². The zero-order chi connectivity index (χ0) is 15.4. The van der Waals surface area contributed by atoms with Crippen molar-refractivity contribution in [1.82, 2.24) is 0 Å². The second kappa shape index (κ2) is 4.37. The topological polar surface area (TPSA) is 3.24 Å².